The first-order valence-electron chi connectivity index (χ1n) is 4.22. The van der Waals surface area contributed by atoms with Crippen molar-refractivity contribution in [3.05, 3.63) is 34.9 Å². The molecule has 0 unspecified atom stereocenters. The summed E-state index contributed by atoms with van der Waals surface area (Å²) in [5.41, 5.74) is -1.29. The van der Waals surface area contributed by atoms with E-state index in [1.54, 1.807) is 12.1 Å². The first-order chi connectivity index (χ1) is 6.54. The molecule has 0 radical (unpaired) electrons. The summed E-state index contributed by atoms with van der Waals surface area (Å²) in [6.45, 7) is 0. The second kappa shape index (κ2) is 2.95. The molecule has 4 heteroatoms. The van der Waals surface area contributed by atoms with Gasteiger partial charge in [0.05, 0.1) is 5.92 Å². The molecule has 0 saturated heterocycles. The fraction of sp³-hybridized carbons (Fsp3) is 0.300. The molecule has 1 saturated carbocycles. The molecule has 1 N–H and O–H groups in total. The van der Waals surface area contributed by atoms with Gasteiger partial charge in [-0.05, 0) is 17.7 Å². The van der Waals surface area contributed by atoms with Gasteiger partial charge in [-0.15, -0.1) is 0 Å². The normalized spacial score (nSPS) is 30.0. The zero-order valence-electron chi connectivity index (χ0n) is 7.21. The molecule has 0 heterocycles. The number of aliphatic carboxylic acids is 1. The van der Waals surface area contributed by atoms with E-state index in [4.69, 9.17) is 16.7 Å². The summed E-state index contributed by atoms with van der Waals surface area (Å²) in [6.07, 6.45) is 0.0595. The van der Waals surface area contributed by atoms with Crippen LogP contribution in [0.1, 0.15) is 12.0 Å². The summed E-state index contributed by atoms with van der Waals surface area (Å²) in [5, 5.41) is 9.16. The average Bonchev–Trinajstić information content (AvgIpc) is 2.80. The van der Waals surface area contributed by atoms with Gasteiger partial charge < -0.3 is 5.11 Å². The molecule has 0 bridgehead atoms. The number of alkyl halides is 1. The number of benzene rings is 1. The van der Waals surface area contributed by atoms with Gasteiger partial charge in [0, 0.05) is 11.4 Å². The van der Waals surface area contributed by atoms with E-state index in [1.165, 1.54) is 12.1 Å². The van der Waals surface area contributed by atoms with Crippen LogP contribution >= 0.6 is 11.6 Å². The maximum atomic E-state index is 13.9. The molecule has 2 rings (SSSR count). The van der Waals surface area contributed by atoms with Crippen LogP contribution in [0.25, 0.3) is 0 Å². The van der Waals surface area contributed by atoms with E-state index in [-0.39, 0.29) is 6.42 Å². The number of carbonyl (C=O) groups is 1. The van der Waals surface area contributed by atoms with E-state index in [9.17, 15) is 9.18 Å². The van der Waals surface area contributed by atoms with Crippen LogP contribution in [0.2, 0.25) is 5.02 Å². The van der Waals surface area contributed by atoms with Crippen molar-refractivity contribution in [1.82, 2.24) is 0 Å². The van der Waals surface area contributed by atoms with Crippen molar-refractivity contribution in [3.8, 4) is 0 Å². The number of carboxylic acid groups (broad SMARTS) is 1. The third-order valence-electron chi connectivity index (χ3n) is 2.52. The van der Waals surface area contributed by atoms with E-state index in [1.807, 2.05) is 0 Å². The average molecular weight is 215 g/mol. The Balaban J connectivity index is 2.25. The predicted molar refractivity (Wildman–Crippen MR) is 50.0 cm³/mol. The third kappa shape index (κ3) is 1.38. The Morgan fingerprint density at radius 2 is 2.07 bits per heavy atom. The second-order valence-electron chi connectivity index (χ2n) is 3.46. The molecular weight excluding hydrogens is 207 g/mol. The Morgan fingerprint density at radius 1 is 1.50 bits per heavy atom. The van der Waals surface area contributed by atoms with Crippen molar-refractivity contribution in [2.75, 3.05) is 0 Å². The SMILES string of the molecule is O=C(O)[C@@H]1C[C@@]1(F)c1ccc(Cl)cc1. The van der Waals surface area contributed by atoms with E-state index in [0.29, 0.717) is 10.6 Å². The molecule has 0 aromatic heterocycles. The Hall–Kier alpha value is -1.09. The van der Waals surface area contributed by atoms with Crippen LogP contribution in [0.5, 0.6) is 0 Å². The minimum absolute atomic E-state index is 0.0595. The molecule has 2 atom stereocenters. The molecule has 2 nitrogen and oxygen atoms in total. The molecule has 1 aliphatic carbocycles. The molecule has 1 aromatic carbocycles. The van der Waals surface area contributed by atoms with Crippen molar-refractivity contribution in [2.45, 2.75) is 12.1 Å². The first-order valence-corrected chi connectivity index (χ1v) is 4.59. The molecule has 0 amide bonds. The summed E-state index contributed by atoms with van der Waals surface area (Å²) in [5.74, 6) is -1.98. The standard InChI is InChI=1S/C10H8ClFO2/c11-7-3-1-6(2-4-7)10(12)5-8(10)9(13)14/h1-4,8H,5H2,(H,13,14)/t8-,10+/m0/s1. The maximum absolute atomic E-state index is 13.9. The molecule has 1 fully saturated rings. The minimum Gasteiger partial charge on any atom is -0.481 e. The smallest absolute Gasteiger partial charge is 0.310 e. The van der Waals surface area contributed by atoms with Gasteiger partial charge in [0.25, 0.3) is 0 Å². The molecule has 14 heavy (non-hydrogen) atoms. The lowest BCUT2D eigenvalue weighted by molar-refractivity contribution is -0.139. The van der Waals surface area contributed by atoms with Crippen LogP contribution in [0, 0.1) is 5.92 Å². The summed E-state index contributed by atoms with van der Waals surface area (Å²) in [4.78, 5) is 10.6. The third-order valence-corrected chi connectivity index (χ3v) is 2.77. The van der Waals surface area contributed by atoms with Gasteiger partial charge in [-0.1, -0.05) is 23.7 Å². The second-order valence-corrected chi connectivity index (χ2v) is 3.90. The Labute approximate surface area is 85.3 Å². The van der Waals surface area contributed by atoms with Gasteiger partial charge in [-0.3, -0.25) is 4.79 Å². The van der Waals surface area contributed by atoms with Crippen LogP contribution in [0.4, 0.5) is 4.39 Å². The number of rotatable bonds is 2. The molecular formula is C10H8ClFO2. The maximum Gasteiger partial charge on any atom is 0.310 e. The van der Waals surface area contributed by atoms with Crippen LogP contribution in [-0.4, -0.2) is 11.1 Å². The van der Waals surface area contributed by atoms with Gasteiger partial charge in [0.2, 0.25) is 0 Å². The molecule has 1 aromatic rings. The van der Waals surface area contributed by atoms with Gasteiger partial charge >= 0.3 is 5.97 Å². The summed E-state index contributed by atoms with van der Waals surface area (Å²) in [6, 6.07) is 6.20. The van der Waals surface area contributed by atoms with Crippen LogP contribution in [0.3, 0.4) is 0 Å². The lowest BCUT2D eigenvalue weighted by Gasteiger charge is -2.05. The number of carboxylic acids is 1. The number of halogens is 2. The summed E-state index contributed by atoms with van der Waals surface area (Å²) < 4.78 is 13.9. The highest BCUT2D eigenvalue weighted by Crippen LogP contribution is 2.55. The molecule has 74 valence electrons. The molecule has 0 aliphatic heterocycles. The zero-order valence-corrected chi connectivity index (χ0v) is 7.96. The van der Waals surface area contributed by atoms with E-state index in [2.05, 4.69) is 0 Å². The largest absolute Gasteiger partial charge is 0.481 e. The molecule has 0 spiro atoms. The topological polar surface area (TPSA) is 37.3 Å². The highest BCUT2D eigenvalue weighted by atomic mass is 35.5. The van der Waals surface area contributed by atoms with Crippen molar-refractivity contribution in [3.63, 3.8) is 0 Å². The van der Waals surface area contributed by atoms with Gasteiger partial charge in [0.15, 0.2) is 0 Å². The first kappa shape index (κ1) is 9.46. The van der Waals surface area contributed by atoms with Crippen molar-refractivity contribution in [1.29, 1.82) is 0 Å². The van der Waals surface area contributed by atoms with Crippen LogP contribution < -0.4 is 0 Å². The van der Waals surface area contributed by atoms with E-state index >= 15 is 0 Å². The fourth-order valence-corrected chi connectivity index (χ4v) is 1.69. The van der Waals surface area contributed by atoms with Gasteiger partial charge in [-0.2, -0.15) is 0 Å². The van der Waals surface area contributed by atoms with Crippen LogP contribution in [0.15, 0.2) is 24.3 Å². The highest BCUT2D eigenvalue weighted by molar-refractivity contribution is 6.30. The monoisotopic (exact) mass is 214 g/mol. The van der Waals surface area contributed by atoms with E-state index < -0.39 is 17.6 Å². The number of hydrogen-bond donors (Lipinski definition) is 1. The quantitative estimate of drug-likeness (QED) is 0.822. The summed E-state index contributed by atoms with van der Waals surface area (Å²) >= 11 is 5.64. The number of hydrogen-bond acceptors (Lipinski definition) is 1. The Bertz CT molecular complexity index is 376. The van der Waals surface area contributed by atoms with E-state index in [0.717, 1.165) is 0 Å². The Kier molecular flexibility index (Phi) is 2.00. The zero-order chi connectivity index (χ0) is 10.3. The fourth-order valence-electron chi connectivity index (χ4n) is 1.57. The molecule has 1 aliphatic rings. The minimum atomic E-state index is -1.68. The van der Waals surface area contributed by atoms with Gasteiger partial charge in [0.1, 0.15) is 5.67 Å². The summed E-state index contributed by atoms with van der Waals surface area (Å²) in [7, 11) is 0. The van der Waals surface area contributed by atoms with Crippen molar-refractivity contribution < 1.29 is 14.3 Å². The van der Waals surface area contributed by atoms with Crippen LogP contribution in [-0.2, 0) is 10.5 Å². The van der Waals surface area contributed by atoms with Crippen molar-refractivity contribution >= 4 is 17.6 Å². The lowest BCUT2D eigenvalue weighted by atomic mass is 10.1. The predicted octanol–water partition coefficient (Wildman–Crippen LogP) is 2.61. The Morgan fingerprint density at radius 3 is 2.50 bits per heavy atom. The lowest BCUT2D eigenvalue weighted by Crippen LogP contribution is -2.09. The van der Waals surface area contributed by atoms with Gasteiger partial charge in [-0.25, -0.2) is 4.39 Å². The highest BCUT2D eigenvalue weighted by Gasteiger charge is 2.61. The van der Waals surface area contributed by atoms with Crippen molar-refractivity contribution in [2.24, 2.45) is 5.92 Å².